The molecule has 124 valence electrons. The van der Waals surface area contributed by atoms with E-state index in [1.54, 1.807) is 4.72 Å². The molecule has 2 aromatic rings. The summed E-state index contributed by atoms with van der Waals surface area (Å²) in [6.07, 6.45) is -5.11. The third-order valence-electron chi connectivity index (χ3n) is 2.73. The molecule has 23 heavy (non-hydrogen) atoms. The van der Waals surface area contributed by atoms with E-state index in [-0.39, 0.29) is 6.07 Å². The summed E-state index contributed by atoms with van der Waals surface area (Å²) in [5, 5.41) is 0. The molecule has 0 heterocycles. The first-order valence-corrected chi connectivity index (χ1v) is 7.33. The fraction of sp³-hybridized carbons (Fsp3) is 0.0769. The van der Waals surface area contributed by atoms with E-state index in [0.29, 0.717) is 24.3 Å². The van der Waals surface area contributed by atoms with E-state index in [2.05, 4.69) is 0 Å². The van der Waals surface area contributed by atoms with Crippen molar-refractivity contribution in [2.75, 3.05) is 4.72 Å². The Bertz CT molecular complexity index is 848. The molecule has 0 saturated carbocycles. The van der Waals surface area contributed by atoms with Crippen LogP contribution in [0, 0.1) is 17.5 Å². The maximum absolute atomic E-state index is 13.4. The number of sulfonamides is 1. The molecular formula is C13H7F6NO2S. The zero-order chi connectivity index (χ0) is 17.4. The Hall–Kier alpha value is -2.23. The third-order valence-corrected chi connectivity index (χ3v) is 4.09. The molecule has 2 aromatic carbocycles. The van der Waals surface area contributed by atoms with Crippen LogP contribution in [-0.2, 0) is 16.2 Å². The maximum atomic E-state index is 13.4. The summed E-state index contributed by atoms with van der Waals surface area (Å²) in [6, 6.07) is 2.84. The number of rotatable bonds is 3. The van der Waals surface area contributed by atoms with E-state index in [9.17, 15) is 34.8 Å². The van der Waals surface area contributed by atoms with Gasteiger partial charge < -0.3 is 0 Å². The van der Waals surface area contributed by atoms with Gasteiger partial charge in [-0.25, -0.2) is 21.6 Å². The van der Waals surface area contributed by atoms with Gasteiger partial charge in [-0.2, -0.15) is 13.2 Å². The number of hydrogen-bond donors (Lipinski definition) is 1. The van der Waals surface area contributed by atoms with E-state index in [4.69, 9.17) is 0 Å². The van der Waals surface area contributed by atoms with Crippen LogP contribution in [0.3, 0.4) is 0 Å². The minimum absolute atomic E-state index is 0.0644. The molecule has 0 aliphatic carbocycles. The molecule has 2 rings (SSSR count). The van der Waals surface area contributed by atoms with E-state index in [1.165, 1.54) is 0 Å². The van der Waals surface area contributed by atoms with Gasteiger partial charge in [0.2, 0.25) is 0 Å². The van der Waals surface area contributed by atoms with Crippen molar-refractivity contribution in [3.05, 3.63) is 59.4 Å². The minimum atomic E-state index is -5.11. The first kappa shape index (κ1) is 17.1. The van der Waals surface area contributed by atoms with Crippen LogP contribution >= 0.6 is 0 Å². The normalized spacial score (nSPS) is 12.3. The number of benzene rings is 2. The first-order chi connectivity index (χ1) is 10.5. The SMILES string of the molecule is O=S(=O)(Nc1cc(F)ccc1F)c1ccc(F)c(C(F)(F)F)c1. The molecule has 0 spiro atoms. The van der Waals surface area contributed by atoms with E-state index >= 15 is 0 Å². The summed E-state index contributed by atoms with van der Waals surface area (Å²) in [5.41, 5.74) is -2.58. The monoisotopic (exact) mass is 355 g/mol. The fourth-order valence-corrected chi connectivity index (χ4v) is 2.75. The average molecular weight is 355 g/mol. The van der Waals surface area contributed by atoms with Crippen LogP contribution in [0.4, 0.5) is 32.0 Å². The second-order valence-electron chi connectivity index (χ2n) is 4.37. The quantitative estimate of drug-likeness (QED) is 0.849. The second-order valence-corrected chi connectivity index (χ2v) is 6.05. The molecule has 0 radical (unpaired) electrons. The van der Waals surface area contributed by atoms with Crippen LogP contribution < -0.4 is 4.72 Å². The summed E-state index contributed by atoms with van der Waals surface area (Å²) in [4.78, 5) is -0.949. The first-order valence-electron chi connectivity index (χ1n) is 5.85. The van der Waals surface area contributed by atoms with Gasteiger partial charge in [0.25, 0.3) is 10.0 Å². The zero-order valence-electron chi connectivity index (χ0n) is 11.0. The van der Waals surface area contributed by atoms with Crippen LogP contribution in [0.5, 0.6) is 0 Å². The van der Waals surface area contributed by atoms with Gasteiger partial charge in [0.1, 0.15) is 17.5 Å². The van der Waals surface area contributed by atoms with Crippen molar-refractivity contribution in [2.45, 2.75) is 11.1 Å². The summed E-state index contributed by atoms with van der Waals surface area (Å²) >= 11 is 0. The van der Waals surface area contributed by atoms with Crippen molar-refractivity contribution >= 4 is 15.7 Å². The average Bonchev–Trinajstić information content (AvgIpc) is 2.41. The summed E-state index contributed by atoms with van der Waals surface area (Å²) in [5.74, 6) is -3.75. The van der Waals surface area contributed by atoms with Crippen LogP contribution in [0.1, 0.15) is 5.56 Å². The highest BCUT2D eigenvalue weighted by Gasteiger charge is 2.35. The number of anilines is 1. The standard InChI is InChI=1S/C13H7F6NO2S/c14-7-1-3-11(16)12(5-7)20-23(21,22)8-2-4-10(15)9(6-8)13(17,18)19/h1-6,20H. The van der Waals surface area contributed by atoms with Crippen LogP contribution in [0.25, 0.3) is 0 Å². The van der Waals surface area contributed by atoms with Gasteiger partial charge in [-0.1, -0.05) is 0 Å². The topological polar surface area (TPSA) is 46.2 Å². The predicted molar refractivity (Wildman–Crippen MR) is 68.6 cm³/mol. The minimum Gasteiger partial charge on any atom is -0.277 e. The molecule has 0 aliphatic heterocycles. The van der Waals surface area contributed by atoms with Crippen molar-refractivity contribution in [1.82, 2.24) is 0 Å². The fourth-order valence-electron chi connectivity index (χ4n) is 1.67. The van der Waals surface area contributed by atoms with Crippen molar-refractivity contribution < 1.29 is 34.8 Å². The van der Waals surface area contributed by atoms with Crippen LogP contribution in [-0.4, -0.2) is 8.42 Å². The van der Waals surface area contributed by atoms with E-state index in [0.717, 1.165) is 6.07 Å². The molecule has 0 aliphatic rings. The Morgan fingerprint density at radius 3 is 2.09 bits per heavy atom. The number of hydrogen-bond acceptors (Lipinski definition) is 2. The molecular weight excluding hydrogens is 348 g/mol. The lowest BCUT2D eigenvalue weighted by Crippen LogP contribution is -2.16. The van der Waals surface area contributed by atoms with Gasteiger partial charge in [-0.15, -0.1) is 0 Å². The second kappa shape index (κ2) is 5.76. The number of nitrogens with one attached hydrogen (secondary N) is 1. The van der Waals surface area contributed by atoms with Gasteiger partial charge in [0, 0.05) is 6.07 Å². The van der Waals surface area contributed by atoms with Gasteiger partial charge in [-0.3, -0.25) is 4.72 Å². The smallest absolute Gasteiger partial charge is 0.277 e. The van der Waals surface area contributed by atoms with E-state index < -0.39 is 49.8 Å². The number of halogens is 6. The Kier molecular flexibility index (Phi) is 4.29. The highest BCUT2D eigenvalue weighted by atomic mass is 32.2. The van der Waals surface area contributed by atoms with Crippen molar-refractivity contribution in [1.29, 1.82) is 0 Å². The summed E-state index contributed by atoms with van der Waals surface area (Å²) in [7, 11) is -4.68. The molecule has 10 heteroatoms. The lowest BCUT2D eigenvalue weighted by molar-refractivity contribution is -0.140. The van der Waals surface area contributed by atoms with Crippen molar-refractivity contribution in [2.24, 2.45) is 0 Å². The van der Waals surface area contributed by atoms with Gasteiger partial charge >= 0.3 is 6.18 Å². The van der Waals surface area contributed by atoms with Gasteiger partial charge in [0.05, 0.1) is 16.1 Å². The Labute approximate surface area is 126 Å². The Morgan fingerprint density at radius 1 is 0.870 bits per heavy atom. The molecule has 0 aromatic heterocycles. The third kappa shape index (κ3) is 3.76. The summed E-state index contributed by atoms with van der Waals surface area (Å²) < 4.78 is 103. The van der Waals surface area contributed by atoms with Crippen molar-refractivity contribution in [3.63, 3.8) is 0 Å². The van der Waals surface area contributed by atoms with Crippen molar-refractivity contribution in [3.8, 4) is 0 Å². The van der Waals surface area contributed by atoms with Crippen LogP contribution in [0.2, 0.25) is 0 Å². The number of alkyl halides is 3. The lowest BCUT2D eigenvalue weighted by Gasteiger charge is -2.12. The summed E-state index contributed by atoms with van der Waals surface area (Å²) in [6.45, 7) is 0. The van der Waals surface area contributed by atoms with Gasteiger partial charge in [0.15, 0.2) is 0 Å². The molecule has 0 atom stereocenters. The largest absolute Gasteiger partial charge is 0.419 e. The maximum Gasteiger partial charge on any atom is 0.419 e. The highest BCUT2D eigenvalue weighted by Crippen LogP contribution is 2.33. The molecule has 0 saturated heterocycles. The lowest BCUT2D eigenvalue weighted by atomic mass is 10.2. The Morgan fingerprint density at radius 2 is 1.48 bits per heavy atom. The molecule has 0 amide bonds. The molecule has 1 N–H and O–H groups in total. The molecule has 3 nitrogen and oxygen atoms in total. The molecule has 0 bridgehead atoms. The molecule has 0 unspecified atom stereocenters. The molecule has 0 fully saturated rings. The van der Waals surface area contributed by atoms with E-state index in [1.807, 2.05) is 0 Å². The van der Waals surface area contributed by atoms with Crippen LogP contribution in [0.15, 0.2) is 41.3 Å². The zero-order valence-corrected chi connectivity index (χ0v) is 11.8. The predicted octanol–water partition coefficient (Wildman–Crippen LogP) is 3.92. The Balaban J connectivity index is 2.46. The van der Waals surface area contributed by atoms with Gasteiger partial charge in [-0.05, 0) is 30.3 Å². The highest BCUT2D eigenvalue weighted by molar-refractivity contribution is 7.92.